The molecule has 3 rings (SSSR count). The first kappa shape index (κ1) is 16.0. The highest BCUT2D eigenvalue weighted by atomic mass is 32.2. The Morgan fingerprint density at radius 1 is 1.00 bits per heavy atom. The molecule has 1 aromatic carbocycles. The van der Waals surface area contributed by atoms with Crippen LogP contribution in [0.4, 0.5) is 0 Å². The summed E-state index contributed by atoms with van der Waals surface area (Å²) in [6, 6.07) is 4.87. The molecule has 0 bridgehead atoms. The van der Waals surface area contributed by atoms with Crippen molar-refractivity contribution < 1.29 is 12.6 Å². The monoisotopic (exact) mass is 336 g/mol. The third-order valence-electron chi connectivity index (χ3n) is 4.27. The topological polar surface area (TPSA) is 102 Å². The number of benzene rings is 1. The lowest BCUT2D eigenvalue weighted by molar-refractivity contribution is 0.488. The van der Waals surface area contributed by atoms with E-state index in [-0.39, 0.29) is 11.3 Å². The van der Waals surface area contributed by atoms with E-state index in [4.69, 9.17) is 5.14 Å². The third kappa shape index (κ3) is 3.73. The minimum Gasteiger partial charge on any atom is -0.371 e. The highest BCUT2D eigenvalue weighted by molar-refractivity contribution is 7.84. The molecule has 1 aromatic heterocycles. The van der Waals surface area contributed by atoms with Crippen molar-refractivity contribution in [3.05, 3.63) is 39.7 Å². The van der Waals surface area contributed by atoms with Crippen LogP contribution in [0.1, 0.15) is 43.2 Å². The molecule has 1 aliphatic carbocycles. The summed E-state index contributed by atoms with van der Waals surface area (Å²) in [5.74, 6) is 0.0960. The van der Waals surface area contributed by atoms with Gasteiger partial charge in [0.1, 0.15) is 5.75 Å². The van der Waals surface area contributed by atoms with Crippen molar-refractivity contribution in [2.75, 3.05) is 0 Å². The number of aryl methyl sites for hydroxylation is 1. The van der Waals surface area contributed by atoms with Gasteiger partial charge < -0.3 is 9.17 Å². The van der Waals surface area contributed by atoms with Crippen molar-refractivity contribution in [3.8, 4) is 5.75 Å². The number of aromatic nitrogens is 1. The molecule has 0 spiro atoms. The Labute approximate surface area is 134 Å². The first-order valence-corrected chi connectivity index (χ1v) is 9.31. The average Bonchev–Trinajstić information content (AvgIpc) is 2.57. The van der Waals surface area contributed by atoms with Crippen molar-refractivity contribution in [2.24, 2.45) is 5.14 Å². The van der Waals surface area contributed by atoms with Crippen LogP contribution in [0.25, 0.3) is 10.9 Å². The second-order valence-corrected chi connectivity index (χ2v) is 7.11. The molecule has 0 saturated heterocycles. The molecule has 7 heteroatoms. The van der Waals surface area contributed by atoms with E-state index in [0.29, 0.717) is 5.52 Å². The molecule has 124 valence electrons. The quantitative estimate of drug-likeness (QED) is 0.877. The van der Waals surface area contributed by atoms with Gasteiger partial charge in [-0.1, -0.05) is 19.3 Å². The molecule has 23 heavy (non-hydrogen) atoms. The number of hydrogen-bond donors (Lipinski definition) is 2. The third-order valence-corrected chi connectivity index (χ3v) is 4.69. The van der Waals surface area contributed by atoms with Crippen LogP contribution < -0.4 is 14.9 Å². The lowest BCUT2D eigenvalue weighted by Crippen LogP contribution is -2.19. The summed E-state index contributed by atoms with van der Waals surface area (Å²) < 4.78 is 26.8. The van der Waals surface area contributed by atoms with E-state index in [0.717, 1.165) is 48.6 Å². The average molecular weight is 336 g/mol. The lowest BCUT2D eigenvalue weighted by Gasteiger charge is -2.12. The van der Waals surface area contributed by atoms with Crippen molar-refractivity contribution in [3.63, 3.8) is 0 Å². The van der Waals surface area contributed by atoms with Gasteiger partial charge in [0.25, 0.3) is 5.56 Å². The Kier molecular flexibility index (Phi) is 4.41. The van der Waals surface area contributed by atoms with Gasteiger partial charge in [-0.25, -0.2) is 0 Å². The Morgan fingerprint density at radius 2 is 1.65 bits per heavy atom. The van der Waals surface area contributed by atoms with Crippen LogP contribution in [0.2, 0.25) is 0 Å². The van der Waals surface area contributed by atoms with Gasteiger partial charge in [0.05, 0.1) is 5.52 Å². The van der Waals surface area contributed by atoms with E-state index in [9.17, 15) is 13.2 Å². The molecule has 0 aliphatic heterocycles. The van der Waals surface area contributed by atoms with E-state index in [1.54, 1.807) is 12.1 Å². The van der Waals surface area contributed by atoms with Gasteiger partial charge >= 0.3 is 10.3 Å². The van der Waals surface area contributed by atoms with E-state index in [1.165, 1.54) is 18.9 Å². The summed E-state index contributed by atoms with van der Waals surface area (Å²) in [4.78, 5) is 15.3. The molecule has 1 aliphatic rings. The van der Waals surface area contributed by atoms with Crippen molar-refractivity contribution in [1.82, 2.24) is 4.98 Å². The van der Waals surface area contributed by atoms with Crippen LogP contribution in [0, 0.1) is 0 Å². The number of fused-ring (bicyclic) bond motifs is 3. The van der Waals surface area contributed by atoms with Crippen LogP contribution in [0.5, 0.6) is 5.75 Å². The van der Waals surface area contributed by atoms with Crippen molar-refractivity contribution in [1.29, 1.82) is 0 Å². The lowest BCUT2D eigenvalue weighted by atomic mass is 9.96. The van der Waals surface area contributed by atoms with Crippen LogP contribution in [-0.2, 0) is 23.1 Å². The summed E-state index contributed by atoms with van der Waals surface area (Å²) in [5.41, 5.74) is 2.42. The molecule has 0 saturated carbocycles. The van der Waals surface area contributed by atoms with Crippen LogP contribution in [0.15, 0.2) is 23.0 Å². The molecule has 0 unspecified atom stereocenters. The van der Waals surface area contributed by atoms with Gasteiger partial charge in [0, 0.05) is 17.0 Å². The zero-order chi connectivity index (χ0) is 16.4. The largest absolute Gasteiger partial charge is 0.380 e. The molecule has 0 radical (unpaired) electrons. The Hall–Kier alpha value is -1.86. The molecular formula is C16H20N2O4S. The van der Waals surface area contributed by atoms with Crippen molar-refractivity contribution >= 4 is 21.2 Å². The predicted molar refractivity (Wildman–Crippen MR) is 88.8 cm³/mol. The molecule has 3 N–H and O–H groups in total. The van der Waals surface area contributed by atoms with Crippen LogP contribution in [0.3, 0.4) is 0 Å². The van der Waals surface area contributed by atoms with Gasteiger partial charge in [0.2, 0.25) is 0 Å². The fourth-order valence-electron chi connectivity index (χ4n) is 3.26. The number of pyridine rings is 1. The smallest absolute Gasteiger partial charge is 0.371 e. The number of aromatic amines is 1. The zero-order valence-corrected chi connectivity index (χ0v) is 13.6. The minimum atomic E-state index is -4.08. The normalized spacial score (nSPS) is 16.2. The molecule has 1 heterocycles. The number of rotatable bonds is 2. The summed E-state index contributed by atoms with van der Waals surface area (Å²) in [5, 5.41) is 5.83. The van der Waals surface area contributed by atoms with Gasteiger partial charge in [-0.05, 0) is 43.4 Å². The van der Waals surface area contributed by atoms with Gasteiger partial charge in [-0.3, -0.25) is 4.79 Å². The second-order valence-electron chi connectivity index (χ2n) is 5.96. The first-order chi connectivity index (χ1) is 10.9. The van der Waals surface area contributed by atoms with Gasteiger partial charge in [-0.15, -0.1) is 0 Å². The highest BCUT2D eigenvalue weighted by Gasteiger charge is 2.15. The number of nitrogens with one attached hydrogen (secondary N) is 1. The predicted octanol–water partition coefficient (Wildman–Crippen LogP) is 2.16. The zero-order valence-electron chi connectivity index (χ0n) is 12.8. The van der Waals surface area contributed by atoms with Gasteiger partial charge in [-0.2, -0.15) is 13.6 Å². The van der Waals surface area contributed by atoms with E-state index in [2.05, 4.69) is 9.17 Å². The fraction of sp³-hybridized carbons (Fsp3) is 0.438. The summed E-state index contributed by atoms with van der Waals surface area (Å²) >= 11 is 0. The second kappa shape index (κ2) is 6.33. The molecule has 0 atom stereocenters. The number of nitrogens with two attached hydrogens (primary N) is 1. The van der Waals surface area contributed by atoms with Crippen molar-refractivity contribution in [2.45, 2.75) is 44.9 Å². The molecule has 2 aromatic rings. The highest BCUT2D eigenvalue weighted by Crippen LogP contribution is 2.27. The first-order valence-electron chi connectivity index (χ1n) is 7.84. The SMILES string of the molecule is NS(=O)(=O)Oc1ccc2c3c(c(=O)[nH]c2c1)CCCCCCC3. The minimum absolute atomic E-state index is 0.0952. The summed E-state index contributed by atoms with van der Waals surface area (Å²) in [6.45, 7) is 0. The maximum absolute atomic E-state index is 12.4. The maximum atomic E-state index is 12.4. The van der Waals surface area contributed by atoms with Crippen LogP contribution >= 0.6 is 0 Å². The number of hydrogen-bond acceptors (Lipinski definition) is 4. The number of H-pyrrole nitrogens is 1. The Balaban J connectivity index is 2.12. The molecule has 6 nitrogen and oxygen atoms in total. The molecular weight excluding hydrogens is 316 g/mol. The Morgan fingerprint density at radius 3 is 2.35 bits per heavy atom. The maximum Gasteiger partial charge on any atom is 0.380 e. The Bertz CT molecular complexity index is 887. The molecule has 0 fully saturated rings. The molecule has 0 amide bonds. The summed E-state index contributed by atoms with van der Waals surface area (Å²) in [7, 11) is -4.08. The van der Waals surface area contributed by atoms with E-state index < -0.39 is 10.3 Å². The van der Waals surface area contributed by atoms with Crippen LogP contribution in [-0.4, -0.2) is 13.4 Å². The standard InChI is InChI=1S/C16H20N2O4S/c17-23(20,21)22-11-8-9-13-12-6-4-2-1-3-5-7-14(12)16(19)18-15(13)10-11/h8-10H,1-7H2,(H,18,19)(H2,17,20,21). The summed E-state index contributed by atoms with van der Waals surface area (Å²) in [6.07, 6.45) is 7.25. The van der Waals surface area contributed by atoms with E-state index in [1.807, 2.05) is 0 Å². The van der Waals surface area contributed by atoms with E-state index >= 15 is 0 Å². The van der Waals surface area contributed by atoms with Gasteiger partial charge in [0.15, 0.2) is 0 Å². The fourth-order valence-corrected chi connectivity index (χ4v) is 3.63.